The predicted octanol–water partition coefficient (Wildman–Crippen LogP) is 3.63. The van der Waals surface area contributed by atoms with Crippen LogP contribution >= 0.6 is 0 Å². The number of aliphatic hydroxyl groups excluding tert-OH is 2. The van der Waals surface area contributed by atoms with Gasteiger partial charge in [-0.1, -0.05) is 29.5 Å². The molecule has 0 heterocycles. The molecule has 0 aromatic heterocycles. The van der Waals surface area contributed by atoms with Gasteiger partial charge in [0.05, 0.1) is 18.4 Å². The summed E-state index contributed by atoms with van der Waals surface area (Å²) in [4.78, 5) is 11.3. The molecule has 32 heavy (non-hydrogen) atoms. The van der Waals surface area contributed by atoms with Crippen LogP contribution < -0.4 is 4.74 Å². The van der Waals surface area contributed by atoms with Crippen molar-refractivity contribution in [3.8, 4) is 5.75 Å². The Balaban J connectivity index is 1.85. The van der Waals surface area contributed by atoms with Gasteiger partial charge >= 0.3 is 5.97 Å². The van der Waals surface area contributed by atoms with E-state index in [0.717, 1.165) is 6.42 Å². The van der Waals surface area contributed by atoms with Crippen LogP contribution in [0.15, 0.2) is 53.7 Å². The molecule has 7 nitrogen and oxygen atoms in total. The monoisotopic (exact) mass is 449 g/mol. The molecule has 8 heteroatoms. The highest BCUT2D eigenvalue weighted by Gasteiger charge is 2.38. The topological polar surface area (TPSA) is 109 Å². The highest BCUT2D eigenvalue weighted by molar-refractivity contribution is 5.90. The van der Waals surface area contributed by atoms with Crippen LogP contribution in [0.25, 0.3) is 0 Å². The summed E-state index contributed by atoms with van der Waals surface area (Å²) in [5, 5.41) is 33.2. The first-order valence-electron chi connectivity index (χ1n) is 10.9. The molecule has 1 saturated carbocycles. The Morgan fingerprint density at radius 3 is 2.75 bits per heavy atom. The molecule has 176 valence electrons. The summed E-state index contributed by atoms with van der Waals surface area (Å²) in [7, 11) is 0. The van der Waals surface area contributed by atoms with Gasteiger partial charge in [0.25, 0.3) is 0 Å². The van der Waals surface area contributed by atoms with Gasteiger partial charge in [-0.2, -0.15) is 0 Å². The summed E-state index contributed by atoms with van der Waals surface area (Å²) >= 11 is 0. The number of allylic oxidation sites excluding steroid dienone is 3. The molecule has 0 amide bonds. The molecule has 0 radical (unpaired) electrons. The molecule has 0 unspecified atom stereocenters. The first-order chi connectivity index (χ1) is 15.4. The summed E-state index contributed by atoms with van der Waals surface area (Å²) in [5.74, 6) is -0.641. The van der Waals surface area contributed by atoms with Gasteiger partial charge in [-0.15, -0.1) is 0 Å². The molecule has 2 rings (SSSR count). The van der Waals surface area contributed by atoms with Crippen molar-refractivity contribution >= 4 is 11.7 Å². The molecule has 1 fully saturated rings. The van der Waals surface area contributed by atoms with Crippen LogP contribution in [0, 0.1) is 17.7 Å². The zero-order valence-corrected chi connectivity index (χ0v) is 18.3. The number of carbonyl (C=O) groups excluding carboxylic acids is 1. The number of nitrogens with zero attached hydrogens (tertiary/aromatic N) is 1. The van der Waals surface area contributed by atoms with E-state index in [4.69, 9.17) is 9.47 Å². The minimum atomic E-state index is -0.920. The van der Waals surface area contributed by atoms with Gasteiger partial charge in [0.15, 0.2) is 0 Å². The maximum atomic E-state index is 12.9. The molecule has 0 bridgehead atoms. The van der Waals surface area contributed by atoms with Crippen molar-refractivity contribution in [1.82, 2.24) is 0 Å². The molecular formula is C24H32FNO6. The third-order valence-electron chi connectivity index (χ3n) is 5.29. The third kappa shape index (κ3) is 8.43. The lowest BCUT2D eigenvalue weighted by Crippen LogP contribution is -2.20. The van der Waals surface area contributed by atoms with Crippen LogP contribution in [0.4, 0.5) is 4.39 Å². The number of benzene rings is 1. The van der Waals surface area contributed by atoms with E-state index in [1.807, 2.05) is 12.2 Å². The van der Waals surface area contributed by atoms with Crippen LogP contribution in [0.2, 0.25) is 0 Å². The van der Waals surface area contributed by atoms with Crippen molar-refractivity contribution in [3.63, 3.8) is 0 Å². The standard InChI is InChI=1S/C24H32FNO6/c1-2-31-24(29)8-6-4-3-5-7-21-20(22(26-30)15-23(21)28)14-11-18(27)16-32-19-12-9-17(25)10-13-19/h3,5,9-14,18,20-21,23,27-28,30H,2,4,6-8,15-16H2,1H3/b5-3-,14-11+,26-22-/t18-,20-,21-,23+/m1/s1. The average Bonchev–Trinajstić information content (AvgIpc) is 3.08. The number of aliphatic hydroxyl groups is 2. The summed E-state index contributed by atoms with van der Waals surface area (Å²) in [6.07, 6.45) is 8.22. The van der Waals surface area contributed by atoms with Gasteiger partial charge in [0.1, 0.15) is 24.3 Å². The second-order valence-corrected chi connectivity index (χ2v) is 7.67. The van der Waals surface area contributed by atoms with E-state index in [1.54, 1.807) is 19.1 Å². The molecule has 3 N–H and O–H groups in total. The van der Waals surface area contributed by atoms with E-state index in [0.29, 0.717) is 37.3 Å². The van der Waals surface area contributed by atoms with Gasteiger partial charge in [0.2, 0.25) is 0 Å². The molecule has 1 aromatic carbocycles. The Morgan fingerprint density at radius 1 is 1.31 bits per heavy atom. The predicted molar refractivity (Wildman–Crippen MR) is 118 cm³/mol. The Morgan fingerprint density at radius 2 is 2.06 bits per heavy atom. The quantitative estimate of drug-likeness (QED) is 0.148. The van der Waals surface area contributed by atoms with Crippen LogP contribution in [-0.4, -0.2) is 52.5 Å². The Labute approximate surface area is 187 Å². The lowest BCUT2D eigenvalue weighted by Gasteiger charge is -2.18. The molecule has 1 aliphatic rings. The van der Waals surface area contributed by atoms with Gasteiger partial charge in [0, 0.05) is 24.7 Å². The number of hydrogen-bond acceptors (Lipinski definition) is 7. The minimum Gasteiger partial charge on any atom is -0.491 e. The molecule has 0 saturated heterocycles. The van der Waals surface area contributed by atoms with E-state index >= 15 is 0 Å². The molecule has 1 aromatic rings. The number of oxime groups is 1. The largest absolute Gasteiger partial charge is 0.491 e. The Kier molecular flexibility index (Phi) is 10.9. The summed E-state index contributed by atoms with van der Waals surface area (Å²) in [5.41, 5.74) is 0.459. The van der Waals surface area contributed by atoms with Crippen molar-refractivity contribution in [3.05, 3.63) is 54.4 Å². The average molecular weight is 450 g/mol. The van der Waals surface area contributed by atoms with E-state index in [9.17, 15) is 24.6 Å². The number of rotatable bonds is 12. The van der Waals surface area contributed by atoms with Crippen LogP contribution in [0.5, 0.6) is 5.75 Å². The molecule has 4 atom stereocenters. The number of ether oxygens (including phenoxy) is 2. The maximum Gasteiger partial charge on any atom is 0.305 e. The van der Waals surface area contributed by atoms with E-state index in [2.05, 4.69) is 5.16 Å². The van der Waals surface area contributed by atoms with E-state index in [1.165, 1.54) is 24.3 Å². The highest BCUT2D eigenvalue weighted by atomic mass is 19.1. The number of hydrogen-bond donors (Lipinski definition) is 3. The number of unbranched alkanes of at least 4 members (excludes halogenated alkanes) is 1. The first-order valence-corrected chi connectivity index (χ1v) is 10.9. The summed E-state index contributed by atoms with van der Waals surface area (Å²) in [6, 6.07) is 5.50. The lowest BCUT2D eigenvalue weighted by atomic mass is 9.90. The zero-order chi connectivity index (χ0) is 23.3. The van der Waals surface area contributed by atoms with E-state index in [-0.39, 0.29) is 36.7 Å². The lowest BCUT2D eigenvalue weighted by molar-refractivity contribution is -0.143. The zero-order valence-electron chi connectivity index (χ0n) is 18.3. The second-order valence-electron chi connectivity index (χ2n) is 7.67. The smallest absolute Gasteiger partial charge is 0.305 e. The van der Waals surface area contributed by atoms with Gasteiger partial charge in [-0.05, 0) is 50.5 Å². The SMILES string of the molecule is CCOC(=O)CCC/C=C\C[C@H]1[C@@H](O)C/C(=N/O)[C@@H]1/C=C/[C@@H](O)COc1ccc(F)cc1. The number of halogens is 1. The van der Waals surface area contributed by atoms with Crippen molar-refractivity contribution in [2.75, 3.05) is 13.2 Å². The van der Waals surface area contributed by atoms with Crippen molar-refractivity contribution < 1.29 is 34.1 Å². The number of carbonyl (C=O) groups is 1. The molecule has 1 aliphatic carbocycles. The van der Waals surface area contributed by atoms with Crippen LogP contribution in [0.3, 0.4) is 0 Å². The van der Waals surface area contributed by atoms with Gasteiger partial charge in [-0.25, -0.2) is 4.39 Å². The van der Waals surface area contributed by atoms with Crippen molar-refractivity contribution in [1.29, 1.82) is 0 Å². The first kappa shape index (κ1) is 25.5. The van der Waals surface area contributed by atoms with Gasteiger partial charge < -0.3 is 24.9 Å². The van der Waals surface area contributed by atoms with Crippen molar-refractivity contribution in [2.24, 2.45) is 17.0 Å². The third-order valence-corrected chi connectivity index (χ3v) is 5.29. The van der Waals surface area contributed by atoms with Crippen molar-refractivity contribution in [2.45, 2.75) is 51.2 Å². The Bertz CT molecular complexity index is 792. The van der Waals surface area contributed by atoms with E-state index < -0.39 is 12.2 Å². The number of esters is 1. The second kappa shape index (κ2) is 13.6. The van der Waals surface area contributed by atoms with Crippen LogP contribution in [-0.2, 0) is 9.53 Å². The maximum absolute atomic E-state index is 12.9. The fraction of sp³-hybridized carbons (Fsp3) is 0.500. The fourth-order valence-electron chi connectivity index (χ4n) is 3.64. The Hall–Kier alpha value is -2.71. The highest BCUT2D eigenvalue weighted by Crippen LogP contribution is 2.34. The normalized spacial score (nSPS) is 23.2. The van der Waals surface area contributed by atoms with Gasteiger partial charge in [-0.3, -0.25) is 4.79 Å². The molecule has 0 aliphatic heterocycles. The fourth-order valence-corrected chi connectivity index (χ4v) is 3.64. The molecular weight excluding hydrogens is 417 g/mol. The summed E-state index contributed by atoms with van der Waals surface area (Å²) < 4.78 is 23.3. The minimum absolute atomic E-state index is 0.0198. The summed E-state index contributed by atoms with van der Waals surface area (Å²) in [6.45, 7) is 2.14. The molecule has 0 spiro atoms. The van der Waals surface area contributed by atoms with Crippen LogP contribution in [0.1, 0.15) is 39.0 Å².